The fourth-order valence-corrected chi connectivity index (χ4v) is 2.33. The van der Waals surface area contributed by atoms with Crippen molar-refractivity contribution in [3.8, 4) is 0 Å². The molecule has 0 saturated carbocycles. The van der Waals surface area contributed by atoms with Crippen molar-refractivity contribution in [2.24, 2.45) is 0 Å². The average molecular weight is 256 g/mol. The minimum atomic E-state index is -0.166. The van der Waals surface area contributed by atoms with Crippen molar-refractivity contribution in [2.75, 3.05) is 0 Å². The lowest BCUT2D eigenvalue weighted by molar-refractivity contribution is 0.0922. The van der Waals surface area contributed by atoms with E-state index in [1.807, 2.05) is 6.92 Å². The van der Waals surface area contributed by atoms with Crippen LogP contribution in [0.2, 0.25) is 0 Å². The predicted octanol–water partition coefficient (Wildman–Crippen LogP) is 2.12. The van der Waals surface area contributed by atoms with Crippen LogP contribution in [0.3, 0.4) is 0 Å². The first-order valence-electron chi connectivity index (χ1n) is 6.38. The summed E-state index contributed by atoms with van der Waals surface area (Å²) in [5, 5.41) is 6.19. The molecule has 3 rings (SSSR count). The molecule has 4 heteroatoms. The first-order chi connectivity index (χ1) is 9.24. The van der Waals surface area contributed by atoms with Crippen LogP contribution in [0.5, 0.6) is 0 Å². The number of nitrogens with one attached hydrogen (secondary N) is 2. The van der Waals surface area contributed by atoms with Crippen molar-refractivity contribution >= 4 is 5.91 Å². The van der Waals surface area contributed by atoms with E-state index < -0.39 is 0 Å². The van der Waals surface area contributed by atoms with Gasteiger partial charge in [-0.05, 0) is 29.7 Å². The van der Waals surface area contributed by atoms with Crippen molar-refractivity contribution in [3.63, 3.8) is 0 Å². The van der Waals surface area contributed by atoms with E-state index in [2.05, 4.69) is 28.8 Å². The highest BCUT2D eigenvalue weighted by Crippen LogP contribution is 2.17. The molecule has 1 aromatic carbocycles. The number of hydrogen-bond donors (Lipinski definition) is 2. The molecule has 0 bridgehead atoms. The van der Waals surface area contributed by atoms with Crippen LogP contribution < -0.4 is 10.6 Å². The van der Waals surface area contributed by atoms with E-state index >= 15 is 0 Å². The molecule has 0 spiro atoms. The fourth-order valence-electron chi connectivity index (χ4n) is 2.33. The van der Waals surface area contributed by atoms with Gasteiger partial charge in [0.2, 0.25) is 0 Å². The van der Waals surface area contributed by atoms with Crippen LogP contribution in [0.4, 0.5) is 0 Å². The summed E-state index contributed by atoms with van der Waals surface area (Å²) < 4.78 is 5.17. The summed E-state index contributed by atoms with van der Waals surface area (Å²) in [7, 11) is 0. The molecule has 0 saturated heterocycles. The maximum Gasteiger partial charge on any atom is 0.287 e. The Balaban J connectivity index is 1.66. The smallest absolute Gasteiger partial charge is 0.287 e. The van der Waals surface area contributed by atoms with Crippen LogP contribution in [0.25, 0.3) is 0 Å². The summed E-state index contributed by atoms with van der Waals surface area (Å²) in [4.78, 5) is 11.9. The van der Waals surface area contributed by atoms with Crippen LogP contribution >= 0.6 is 0 Å². The van der Waals surface area contributed by atoms with Crippen molar-refractivity contribution in [1.82, 2.24) is 10.6 Å². The van der Waals surface area contributed by atoms with Crippen molar-refractivity contribution < 1.29 is 9.21 Å². The standard InChI is InChI=1S/C15H16N2O2/c1-10-4-5-19-14(10)15(18)17-7-11-2-3-12-8-16-9-13(12)6-11/h2-6,16H,7-9H2,1H3,(H,17,18). The summed E-state index contributed by atoms with van der Waals surface area (Å²) in [6.45, 7) is 4.23. The molecular weight excluding hydrogens is 240 g/mol. The number of amides is 1. The van der Waals surface area contributed by atoms with Gasteiger partial charge in [0.1, 0.15) is 0 Å². The van der Waals surface area contributed by atoms with Gasteiger partial charge in [0, 0.05) is 25.2 Å². The molecule has 2 aromatic rings. The van der Waals surface area contributed by atoms with E-state index in [0.29, 0.717) is 12.3 Å². The van der Waals surface area contributed by atoms with Gasteiger partial charge >= 0.3 is 0 Å². The van der Waals surface area contributed by atoms with Gasteiger partial charge in [-0.15, -0.1) is 0 Å². The fraction of sp³-hybridized carbons (Fsp3) is 0.267. The number of aryl methyl sites for hydroxylation is 1. The average Bonchev–Trinajstić information content (AvgIpc) is 3.03. The topological polar surface area (TPSA) is 54.3 Å². The monoisotopic (exact) mass is 256 g/mol. The second-order valence-electron chi connectivity index (χ2n) is 4.82. The van der Waals surface area contributed by atoms with Crippen LogP contribution in [0.1, 0.15) is 32.8 Å². The molecule has 1 aromatic heterocycles. The molecule has 1 amide bonds. The highest BCUT2D eigenvalue weighted by atomic mass is 16.3. The summed E-state index contributed by atoms with van der Waals surface area (Å²) in [5.41, 5.74) is 4.63. The number of hydrogen-bond acceptors (Lipinski definition) is 3. The molecule has 98 valence electrons. The SMILES string of the molecule is Cc1ccoc1C(=O)NCc1ccc2c(c1)CNC2. The maximum absolute atomic E-state index is 11.9. The van der Waals surface area contributed by atoms with Crippen LogP contribution in [-0.2, 0) is 19.6 Å². The number of carbonyl (C=O) groups excluding carboxylic acids is 1. The van der Waals surface area contributed by atoms with Gasteiger partial charge in [-0.25, -0.2) is 0 Å². The lowest BCUT2D eigenvalue weighted by Crippen LogP contribution is -2.23. The number of fused-ring (bicyclic) bond motifs is 1. The Morgan fingerprint density at radius 2 is 2.16 bits per heavy atom. The number of benzene rings is 1. The third kappa shape index (κ3) is 2.39. The molecule has 4 nitrogen and oxygen atoms in total. The third-order valence-corrected chi connectivity index (χ3v) is 3.42. The van der Waals surface area contributed by atoms with E-state index in [9.17, 15) is 4.79 Å². The zero-order valence-corrected chi connectivity index (χ0v) is 10.8. The van der Waals surface area contributed by atoms with E-state index in [0.717, 1.165) is 24.2 Å². The largest absolute Gasteiger partial charge is 0.459 e. The normalized spacial score (nSPS) is 13.3. The lowest BCUT2D eigenvalue weighted by atomic mass is 10.1. The molecule has 2 heterocycles. The molecule has 0 unspecified atom stereocenters. The number of rotatable bonds is 3. The van der Waals surface area contributed by atoms with Gasteiger partial charge in [0.25, 0.3) is 5.91 Å². The molecular formula is C15H16N2O2. The van der Waals surface area contributed by atoms with E-state index in [4.69, 9.17) is 4.42 Å². The second kappa shape index (κ2) is 4.90. The predicted molar refractivity (Wildman–Crippen MR) is 71.6 cm³/mol. The minimum absolute atomic E-state index is 0.166. The van der Waals surface area contributed by atoms with Crippen molar-refractivity contribution in [3.05, 3.63) is 58.5 Å². The van der Waals surface area contributed by atoms with Crippen molar-refractivity contribution in [2.45, 2.75) is 26.6 Å². The molecule has 0 fully saturated rings. The zero-order valence-electron chi connectivity index (χ0n) is 10.8. The Labute approximate surface area is 111 Å². The maximum atomic E-state index is 11.9. The minimum Gasteiger partial charge on any atom is -0.459 e. The van der Waals surface area contributed by atoms with Gasteiger partial charge in [0.15, 0.2) is 5.76 Å². The van der Waals surface area contributed by atoms with Crippen LogP contribution in [0, 0.1) is 6.92 Å². The van der Waals surface area contributed by atoms with Gasteiger partial charge < -0.3 is 15.1 Å². The molecule has 19 heavy (non-hydrogen) atoms. The summed E-state index contributed by atoms with van der Waals surface area (Å²) >= 11 is 0. The molecule has 1 aliphatic rings. The molecule has 0 radical (unpaired) electrons. The quantitative estimate of drug-likeness (QED) is 0.884. The highest BCUT2D eigenvalue weighted by molar-refractivity contribution is 5.92. The van der Waals surface area contributed by atoms with E-state index in [1.165, 1.54) is 17.4 Å². The Kier molecular flexibility index (Phi) is 3.09. The van der Waals surface area contributed by atoms with E-state index in [-0.39, 0.29) is 5.91 Å². The van der Waals surface area contributed by atoms with E-state index in [1.54, 1.807) is 6.07 Å². The van der Waals surface area contributed by atoms with Gasteiger partial charge in [-0.3, -0.25) is 4.79 Å². The highest BCUT2D eigenvalue weighted by Gasteiger charge is 2.13. The Morgan fingerprint density at radius 1 is 1.32 bits per heavy atom. The second-order valence-corrected chi connectivity index (χ2v) is 4.82. The third-order valence-electron chi connectivity index (χ3n) is 3.42. The summed E-state index contributed by atoms with van der Waals surface area (Å²) in [5.74, 6) is 0.226. The number of furan rings is 1. The molecule has 0 atom stereocenters. The first kappa shape index (κ1) is 12.0. The first-order valence-corrected chi connectivity index (χ1v) is 6.38. The molecule has 0 aliphatic carbocycles. The van der Waals surface area contributed by atoms with Gasteiger partial charge in [-0.1, -0.05) is 18.2 Å². The van der Waals surface area contributed by atoms with Crippen LogP contribution in [0.15, 0.2) is 34.9 Å². The lowest BCUT2D eigenvalue weighted by Gasteiger charge is -2.06. The molecule has 1 aliphatic heterocycles. The summed E-state index contributed by atoms with van der Waals surface area (Å²) in [6, 6.07) is 8.11. The van der Waals surface area contributed by atoms with Crippen molar-refractivity contribution in [1.29, 1.82) is 0 Å². The Hall–Kier alpha value is -2.07. The Bertz CT molecular complexity index is 616. The molecule has 2 N–H and O–H groups in total. The van der Waals surface area contributed by atoms with Gasteiger partial charge in [-0.2, -0.15) is 0 Å². The van der Waals surface area contributed by atoms with Gasteiger partial charge in [0.05, 0.1) is 6.26 Å². The van der Waals surface area contributed by atoms with Crippen LogP contribution in [-0.4, -0.2) is 5.91 Å². The summed E-state index contributed by atoms with van der Waals surface area (Å²) in [6.07, 6.45) is 1.53. The zero-order chi connectivity index (χ0) is 13.2. The Morgan fingerprint density at radius 3 is 2.95 bits per heavy atom. The number of carbonyl (C=O) groups is 1.